The number of carboxylic acid groups (broad SMARTS) is 1. The first-order valence-corrected chi connectivity index (χ1v) is 12.6. The minimum atomic E-state index is -1.21. The molecule has 39 heavy (non-hydrogen) atoms. The largest absolute Gasteiger partial charge is 0.480 e. The fourth-order valence-electron chi connectivity index (χ4n) is 3.80. The number of hydrogen-bond acceptors (Lipinski definition) is 7. The fourth-order valence-corrected chi connectivity index (χ4v) is 3.80. The number of aryl methyl sites for hydroxylation is 1. The van der Waals surface area contributed by atoms with Gasteiger partial charge in [0.25, 0.3) is 0 Å². The van der Waals surface area contributed by atoms with Crippen molar-refractivity contribution in [3.63, 3.8) is 0 Å². The van der Waals surface area contributed by atoms with Gasteiger partial charge in [0.1, 0.15) is 12.1 Å². The Balaban J connectivity index is 2.10. The van der Waals surface area contributed by atoms with Gasteiger partial charge in [-0.15, -0.1) is 0 Å². The van der Waals surface area contributed by atoms with Gasteiger partial charge in [0.05, 0.1) is 11.6 Å². The third kappa shape index (κ3) is 11.2. The van der Waals surface area contributed by atoms with E-state index >= 15 is 0 Å². The van der Waals surface area contributed by atoms with E-state index in [1.165, 1.54) is 0 Å². The summed E-state index contributed by atoms with van der Waals surface area (Å²) >= 11 is 0. The Bertz CT molecular complexity index is 1180. The first-order chi connectivity index (χ1) is 18.6. The number of aliphatic carboxylic acids is 1. The van der Waals surface area contributed by atoms with Crippen LogP contribution in [0.15, 0.2) is 46.5 Å². The summed E-state index contributed by atoms with van der Waals surface area (Å²) in [6.07, 6.45) is 3.47. The van der Waals surface area contributed by atoms with Crippen LogP contribution >= 0.6 is 0 Å². The maximum atomic E-state index is 13.2. The molecule has 2 aromatic rings. The highest BCUT2D eigenvalue weighted by molar-refractivity contribution is 5.91. The predicted octanol–water partition coefficient (Wildman–Crippen LogP) is -1.34. The Kier molecular flexibility index (Phi) is 12.4. The van der Waals surface area contributed by atoms with Crippen molar-refractivity contribution >= 4 is 40.6 Å². The van der Waals surface area contributed by atoms with Gasteiger partial charge in [-0.3, -0.25) is 24.6 Å². The van der Waals surface area contributed by atoms with Crippen molar-refractivity contribution in [2.45, 2.75) is 56.7 Å². The van der Waals surface area contributed by atoms with Crippen LogP contribution in [0.1, 0.15) is 37.7 Å². The molecule has 0 saturated carbocycles. The molecule has 0 aliphatic rings. The number of guanidine groups is 2. The summed E-state index contributed by atoms with van der Waals surface area (Å²) in [7, 11) is 0. The molecule has 0 bridgehead atoms. The number of carboxylic acids is 1. The molecular weight excluding hydrogens is 504 g/mol. The molecule has 0 fully saturated rings. The van der Waals surface area contributed by atoms with Crippen LogP contribution in [-0.2, 0) is 20.8 Å². The molecular formula is C25H38N10O4. The Labute approximate surface area is 226 Å². The molecule has 0 aliphatic carbocycles. The minimum Gasteiger partial charge on any atom is -0.480 e. The third-order valence-electron chi connectivity index (χ3n) is 5.87. The molecule has 0 spiro atoms. The maximum Gasteiger partial charge on any atom is 0.326 e. The first kappa shape index (κ1) is 30.8. The van der Waals surface area contributed by atoms with Crippen molar-refractivity contribution in [2.24, 2.45) is 38.7 Å². The smallest absolute Gasteiger partial charge is 0.326 e. The van der Waals surface area contributed by atoms with Gasteiger partial charge < -0.3 is 44.4 Å². The monoisotopic (exact) mass is 542 g/mol. The number of amides is 2. The summed E-state index contributed by atoms with van der Waals surface area (Å²) < 4.78 is 0. The van der Waals surface area contributed by atoms with E-state index in [-0.39, 0.29) is 37.7 Å². The summed E-state index contributed by atoms with van der Waals surface area (Å²) in [5.74, 6) is -2.56. The highest BCUT2D eigenvalue weighted by atomic mass is 16.4. The number of aliphatic imine (C=N–C) groups is 2. The van der Waals surface area contributed by atoms with Crippen molar-refractivity contribution in [1.29, 1.82) is 0 Å². The van der Waals surface area contributed by atoms with Crippen LogP contribution in [0.25, 0.3) is 10.9 Å². The van der Waals surface area contributed by atoms with E-state index in [1.807, 2.05) is 30.3 Å². The Morgan fingerprint density at radius 1 is 0.872 bits per heavy atom. The topological polar surface area (TPSA) is 263 Å². The first-order valence-electron chi connectivity index (χ1n) is 12.6. The normalized spacial score (nSPS) is 13.1. The third-order valence-corrected chi connectivity index (χ3v) is 5.87. The van der Waals surface area contributed by atoms with Crippen molar-refractivity contribution in [3.05, 3.63) is 42.1 Å². The fraction of sp³-hybridized carbons (Fsp3) is 0.440. The number of carbonyl (C=O) groups excluding carboxylic acids is 2. The van der Waals surface area contributed by atoms with E-state index in [4.69, 9.17) is 28.7 Å². The number of nitrogens with zero attached hydrogens (tertiary/aromatic N) is 3. The number of carbonyl (C=O) groups is 3. The number of rotatable bonds is 16. The molecule has 0 aliphatic heterocycles. The highest BCUT2D eigenvalue weighted by Crippen LogP contribution is 2.15. The molecule has 14 nitrogen and oxygen atoms in total. The molecule has 3 atom stereocenters. The average Bonchev–Trinajstić information content (AvgIpc) is 2.89. The molecule has 1 heterocycles. The van der Waals surface area contributed by atoms with Crippen molar-refractivity contribution < 1.29 is 19.5 Å². The van der Waals surface area contributed by atoms with Gasteiger partial charge in [-0.1, -0.05) is 18.2 Å². The van der Waals surface area contributed by atoms with Gasteiger partial charge in [0.2, 0.25) is 11.8 Å². The van der Waals surface area contributed by atoms with Crippen LogP contribution in [0.4, 0.5) is 0 Å². The predicted molar refractivity (Wildman–Crippen MR) is 149 cm³/mol. The van der Waals surface area contributed by atoms with Crippen LogP contribution in [0.2, 0.25) is 0 Å². The molecule has 1 aromatic heterocycles. The quantitative estimate of drug-likeness (QED) is 0.0702. The van der Waals surface area contributed by atoms with Gasteiger partial charge in [0, 0.05) is 24.7 Å². The average molecular weight is 543 g/mol. The summed E-state index contributed by atoms with van der Waals surface area (Å²) in [5, 5.41) is 15.7. The standard InChI is InChI=1S/C25H38N10O4/c26-17(6-3-11-31-24(27)28)21(36)34-19(10-9-15-13-16-5-1-2-7-18(16)33-14-15)22(37)35-20(23(38)39)8-4-12-32-25(29)30/h1-2,5,7,13-14,17,19-20H,3-4,6,8-12,26H2,(H,34,36)(H,35,37)(H,38,39)(H4,27,28,31)(H4,29,30,32)/t17-,19+,20-/m1/s1. The molecule has 0 radical (unpaired) electrons. The molecule has 1 aromatic carbocycles. The van der Waals surface area contributed by atoms with E-state index < -0.39 is 35.9 Å². The number of benzene rings is 1. The van der Waals surface area contributed by atoms with Gasteiger partial charge >= 0.3 is 5.97 Å². The van der Waals surface area contributed by atoms with Crippen LogP contribution in [0, 0.1) is 0 Å². The second kappa shape index (κ2) is 15.7. The summed E-state index contributed by atoms with van der Waals surface area (Å²) in [4.78, 5) is 49.8. The zero-order valence-corrected chi connectivity index (χ0v) is 21.8. The lowest BCUT2D eigenvalue weighted by molar-refractivity contribution is -0.142. The van der Waals surface area contributed by atoms with Crippen LogP contribution in [0.5, 0.6) is 0 Å². The Morgan fingerprint density at radius 2 is 1.49 bits per heavy atom. The van der Waals surface area contributed by atoms with Gasteiger partial charge in [-0.2, -0.15) is 0 Å². The number of nitrogens with two attached hydrogens (primary N) is 5. The molecule has 2 rings (SSSR count). The number of hydrogen-bond donors (Lipinski definition) is 8. The van der Waals surface area contributed by atoms with E-state index in [1.54, 1.807) is 6.20 Å². The Morgan fingerprint density at radius 3 is 2.13 bits per heavy atom. The maximum absolute atomic E-state index is 13.2. The van der Waals surface area contributed by atoms with Crippen LogP contribution in [0.3, 0.4) is 0 Å². The van der Waals surface area contributed by atoms with Crippen LogP contribution < -0.4 is 39.3 Å². The Hall–Kier alpha value is -4.46. The second-order valence-corrected chi connectivity index (χ2v) is 9.04. The molecule has 2 amide bonds. The zero-order valence-electron chi connectivity index (χ0n) is 21.8. The van der Waals surface area contributed by atoms with E-state index in [0.29, 0.717) is 25.8 Å². The van der Waals surface area contributed by atoms with Gasteiger partial charge in [-0.25, -0.2) is 4.79 Å². The molecule has 0 unspecified atom stereocenters. The zero-order chi connectivity index (χ0) is 28.8. The number of aromatic nitrogens is 1. The molecule has 13 N–H and O–H groups in total. The SMILES string of the molecule is NC(N)=NCCC[C@@H](N)C(=O)N[C@@H](CCc1cnc2ccccc2c1)C(=O)N[C@H](CCCN=C(N)N)C(=O)O. The van der Waals surface area contributed by atoms with Crippen molar-refractivity contribution in [1.82, 2.24) is 15.6 Å². The lowest BCUT2D eigenvalue weighted by Gasteiger charge is -2.23. The van der Waals surface area contributed by atoms with Crippen molar-refractivity contribution in [2.75, 3.05) is 13.1 Å². The van der Waals surface area contributed by atoms with Crippen LogP contribution in [-0.4, -0.2) is 71.0 Å². The highest BCUT2D eigenvalue weighted by Gasteiger charge is 2.27. The number of para-hydroxylation sites is 1. The van der Waals surface area contributed by atoms with Gasteiger partial charge in [-0.05, 0) is 56.2 Å². The number of pyridine rings is 1. The summed E-state index contributed by atoms with van der Waals surface area (Å²) in [6, 6.07) is 6.43. The van der Waals surface area contributed by atoms with E-state index in [2.05, 4.69) is 25.6 Å². The van der Waals surface area contributed by atoms with E-state index in [0.717, 1.165) is 16.5 Å². The number of fused-ring (bicyclic) bond motifs is 1. The number of nitrogens with one attached hydrogen (secondary N) is 2. The lowest BCUT2D eigenvalue weighted by atomic mass is 10.0. The summed E-state index contributed by atoms with van der Waals surface area (Å²) in [6.45, 7) is 0.522. The second-order valence-electron chi connectivity index (χ2n) is 9.04. The van der Waals surface area contributed by atoms with Gasteiger partial charge in [0.15, 0.2) is 11.9 Å². The molecule has 14 heteroatoms. The van der Waals surface area contributed by atoms with Crippen molar-refractivity contribution in [3.8, 4) is 0 Å². The lowest BCUT2D eigenvalue weighted by Crippen LogP contribution is -2.54. The molecule has 212 valence electrons. The summed E-state index contributed by atoms with van der Waals surface area (Å²) in [5.41, 5.74) is 28.9. The minimum absolute atomic E-state index is 0.0563. The van der Waals surface area contributed by atoms with E-state index in [9.17, 15) is 19.5 Å². The molecule has 0 saturated heterocycles.